The topological polar surface area (TPSA) is 78.4 Å². The smallest absolute Gasteiger partial charge is 0.294 e. The summed E-state index contributed by atoms with van der Waals surface area (Å²) in [7, 11) is -4.33. The van der Waals surface area contributed by atoms with Gasteiger partial charge in [0.25, 0.3) is 10.1 Å². The Morgan fingerprint density at radius 3 is 1.54 bits per heavy atom. The molecule has 3 aromatic carbocycles. The van der Waals surface area contributed by atoms with Gasteiger partial charge in [0.15, 0.2) is 0 Å². The fraction of sp³-hybridized carbons (Fsp3) is 0.100. The molecule has 3 rings (SSSR count). The summed E-state index contributed by atoms with van der Waals surface area (Å²) in [5, 5.41) is 6.36. The molecule has 3 N–H and O–H groups in total. The van der Waals surface area contributed by atoms with Crippen LogP contribution in [0.4, 0.5) is 22.7 Å². The zero-order chi connectivity index (χ0) is 18.7. The Morgan fingerprint density at radius 2 is 1.15 bits per heavy atom. The first kappa shape index (κ1) is 18.0. The van der Waals surface area contributed by atoms with E-state index in [1.54, 1.807) is 6.07 Å². The Bertz CT molecular complexity index is 981. The average Bonchev–Trinajstić information content (AvgIpc) is 2.54. The first-order valence-corrected chi connectivity index (χ1v) is 9.53. The minimum Gasteiger partial charge on any atom is -0.355 e. The van der Waals surface area contributed by atoms with Gasteiger partial charge in [-0.15, -0.1) is 0 Å². The molecule has 26 heavy (non-hydrogen) atoms. The number of aryl methyl sites for hydroxylation is 2. The van der Waals surface area contributed by atoms with Crippen molar-refractivity contribution in [2.75, 3.05) is 10.6 Å². The van der Waals surface area contributed by atoms with Crippen LogP contribution in [0.3, 0.4) is 0 Å². The molecule has 134 valence electrons. The van der Waals surface area contributed by atoms with E-state index in [4.69, 9.17) is 0 Å². The maximum atomic E-state index is 11.7. The van der Waals surface area contributed by atoms with Crippen LogP contribution in [0.5, 0.6) is 0 Å². The fourth-order valence-electron chi connectivity index (χ4n) is 2.67. The predicted octanol–water partition coefficient (Wildman–Crippen LogP) is 5.04. The minimum absolute atomic E-state index is 0.176. The standard InChI is InChI=1S/C20H20N2O3S/c1-14-5-3-7-16(9-14)21-18-11-19(13-20(12-18)26(23,24)25)22-17-8-4-6-15(2)10-17/h3-13,21-22H,1-2H3,(H,23,24,25). The molecular weight excluding hydrogens is 348 g/mol. The van der Waals surface area contributed by atoms with Gasteiger partial charge in [0.2, 0.25) is 0 Å². The highest BCUT2D eigenvalue weighted by molar-refractivity contribution is 7.85. The van der Waals surface area contributed by atoms with E-state index in [2.05, 4.69) is 10.6 Å². The van der Waals surface area contributed by atoms with Crippen LogP contribution in [0.2, 0.25) is 0 Å². The van der Waals surface area contributed by atoms with E-state index in [0.29, 0.717) is 11.4 Å². The van der Waals surface area contributed by atoms with E-state index in [1.165, 1.54) is 12.1 Å². The summed E-state index contributed by atoms with van der Waals surface area (Å²) in [6, 6.07) is 20.1. The van der Waals surface area contributed by atoms with E-state index < -0.39 is 10.1 Å². The lowest BCUT2D eigenvalue weighted by molar-refractivity contribution is 0.483. The van der Waals surface area contributed by atoms with Crippen LogP contribution >= 0.6 is 0 Å². The molecule has 0 saturated carbocycles. The lowest BCUT2D eigenvalue weighted by Crippen LogP contribution is -2.02. The summed E-state index contributed by atoms with van der Waals surface area (Å²) in [6.45, 7) is 3.95. The van der Waals surface area contributed by atoms with Crippen LogP contribution in [0, 0.1) is 13.8 Å². The van der Waals surface area contributed by atoms with Gasteiger partial charge in [-0.05, 0) is 67.4 Å². The van der Waals surface area contributed by atoms with Gasteiger partial charge in [-0.3, -0.25) is 4.55 Å². The van der Waals surface area contributed by atoms with E-state index >= 15 is 0 Å². The number of benzene rings is 3. The molecule has 0 fully saturated rings. The summed E-state index contributed by atoms with van der Waals surface area (Å²) in [5.74, 6) is 0. The molecule has 0 heterocycles. The van der Waals surface area contributed by atoms with E-state index in [9.17, 15) is 13.0 Å². The largest absolute Gasteiger partial charge is 0.355 e. The highest BCUT2D eigenvalue weighted by Crippen LogP contribution is 2.28. The molecular formula is C20H20N2O3S. The number of nitrogens with one attached hydrogen (secondary N) is 2. The average molecular weight is 368 g/mol. The second-order valence-corrected chi connectivity index (χ2v) is 7.63. The maximum Gasteiger partial charge on any atom is 0.294 e. The van der Waals surface area contributed by atoms with Crippen molar-refractivity contribution >= 4 is 32.9 Å². The van der Waals surface area contributed by atoms with Crippen LogP contribution in [0.1, 0.15) is 11.1 Å². The van der Waals surface area contributed by atoms with Crippen molar-refractivity contribution in [3.63, 3.8) is 0 Å². The van der Waals surface area contributed by atoms with Crippen LogP contribution in [-0.4, -0.2) is 13.0 Å². The molecule has 6 heteroatoms. The second kappa shape index (κ2) is 7.19. The lowest BCUT2D eigenvalue weighted by atomic mass is 10.2. The fourth-order valence-corrected chi connectivity index (χ4v) is 3.22. The van der Waals surface area contributed by atoms with Crippen molar-refractivity contribution in [1.29, 1.82) is 0 Å². The SMILES string of the molecule is Cc1cccc(Nc2cc(Nc3cccc(C)c3)cc(S(=O)(=O)O)c2)c1. The van der Waals surface area contributed by atoms with Crippen LogP contribution in [-0.2, 0) is 10.1 Å². The van der Waals surface area contributed by atoms with Crippen LogP contribution in [0.25, 0.3) is 0 Å². The van der Waals surface area contributed by atoms with Crippen molar-refractivity contribution in [1.82, 2.24) is 0 Å². The first-order chi connectivity index (χ1) is 12.3. The summed E-state index contributed by atoms with van der Waals surface area (Å²) >= 11 is 0. The third-order valence-corrected chi connectivity index (χ3v) is 4.65. The van der Waals surface area contributed by atoms with Gasteiger partial charge < -0.3 is 10.6 Å². The molecule has 0 aliphatic carbocycles. The molecule has 5 nitrogen and oxygen atoms in total. The van der Waals surface area contributed by atoms with Crippen molar-refractivity contribution in [3.8, 4) is 0 Å². The van der Waals surface area contributed by atoms with E-state index in [-0.39, 0.29) is 4.90 Å². The molecule has 0 spiro atoms. The summed E-state index contributed by atoms with van der Waals surface area (Å²) in [6.07, 6.45) is 0. The van der Waals surface area contributed by atoms with Crippen molar-refractivity contribution in [2.45, 2.75) is 18.7 Å². The Hall–Kier alpha value is -2.83. The van der Waals surface area contributed by atoms with Crippen molar-refractivity contribution < 1.29 is 13.0 Å². The Labute approximate surface area is 153 Å². The minimum atomic E-state index is -4.33. The molecule has 0 amide bonds. The molecule has 0 atom stereocenters. The van der Waals surface area contributed by atoms with Gasteiger partial charge in [0, 0.05) is 22.7 Å². The van der Waals surface area contributed by atoms with Gasteiger partial charge >= 0.3 is 0 Å². The van der Waals surface area contributed by atoms with E-state index in [0.717, 1.165) is 22.5 Å². The second-order valence-electron chi connectivity index (χ2n) is 6.21. The monoisotopic (exact) mass is 368 g/mol. The van der Waals surface area contributed by atoms with Crippen molar-refractivity contribution in [2.24, 2.45) is 0 Å². The number of anilines is 4. The molecule has 0 radical (unpaired) electrons. The zero-order valence-corrected chi connectivity index (χ0v) is 15.3. The number of hydrogen-bond acceptors (Lipinski definition) is 4. The van der Waals surface area contributed by atoms with Crippen LogP contribution < -0.4 is 10.6 Å². The lowest BCUT2D eigenvalue weighted by Gasteiger charge is -2.13. The van der Waals surface area contributed by atoms with Gasteiger partial charge in [0.1, 0.15) is 0 Å². The third-order valence-electron chi connectivity index (χ3n) is 3.82. The quantitative estimate of drug-likeness (QED) is 0.550. The normalized spacial score (nSPS) is 11.2. The maximum absolute atomic E-state index is 11.7. The molecule has 0 aliphatic heterocycles. The number of hydrogen-bond donors (Lipinski definition) is 3. The van der Waals surface area contributed by atoms with Crippen molar-refractivity contribution in [3.05, 3.63) is 77.9 Å². The first-order valence-electron chi connectivity index (χ1n) is 8.09. The van der Waals surface area contributed by atoms with E-state index in [1.807, 2.05) is 62.4 Å². The zero-order valence-electron chi connectivity index (χ0n) is 14.5. The summed E-state index contributed by atoms with van der Waals surface area (Å²) < 4.78 is 32.8. The molecule has 3 aromatic rings. The summed E-state index contributed by atoms with van der Waals surface area (Å²) in [5.41, 5.74) is 4.94. The molecule has 0 saturated heterocycles. The van der Waals surface area contributed by atoms with Gasteiger partial charge in [0.05, 0.1) is 4.90 Å². The predicted molar refractivity (Wildman–Crippen MR) is 105 cm³/mol. The Balaban J connectivity index is 1.98. The Kier molecular flexibility index (Phi) is 4.97. The molecule has 0 aromatic heterocycles. The third kappa shape index (κ3) is 4.62. The molecule has 0 unspecified atom stereocenters. The van der Waals surface area contributed by atoms with Gasteiger partial charge in [-0.25, -0.2) is 0 Å². The Morgan fingerprint density at radius 1 is 0.692 bits per heavy atom. The number of rotatable bonds is 5. The van der Waals surface area contributed by atoms with Crippen LogP contribution in [0.15, 0.2) is 71.6 Å². The van der Waals surface area contributed by atoms with Gasteiger partial charge in [-0.2, -0.15) is 8.42 Å². The molecule has 0 aliphatic rings. The highest BCUT2D eigenvalue weighted by atomic mass is 32.2. The van der Waals surface area contributed by atoms with Gasteiger partial charge in [-0.1, -0.05) is 24.3 Å². The highest BCUT2D eigenvalue weighted by Gasteiger charge is 2.13. The molecule has 0 bridgehead atoms. The summed E-state index contributed by atoms with van der Waals surface area (Å²) in [4.78, 5) is -0.176.